The number of carbonyl (C=O) groups excluding carboxylic acids is 2. The normalized spacial score (nSPS) is 20.6. The minimum atomic E-state index is -2.23. The van der Waals surface area contributed by atoms with Gasteiger partial charge in [0.05, 0.1) is 11.6 Å². The minimum Gasteiger partial charge on any atom is -0.506 e. The number of aromatic hydroxyl groups is 1. The summed E-state index contributed by atoms with van der Waals surface area (Å²) in [5.41, 5.74) is 2.43. The molecule has 1 amide bonds. The fraction of sp³-hybridized carbons (Fsp3) is 0.591. The number of carbonyl (C=O) groups is 2. The molecular weight excluding hydrogens is 785 g/mol. The van der Waals surface area contributed by atoms with Gasteiger partial charge >= 0.3 is 5.97 Å². The standard InChI is InChI=1S/C44H62N6O7SSi/c1-43(2,3)59(5,6)57-37(33-19-21-36(51)40-41(33)55-28-39(52)46-40)27-45-26-29-14-20-35-34(25-29)47-48-50(35)23-10-22-49(4)31-15-17-32(18-16-31)56-42(53)44(54,30-11-7-8-12-30)38-13-9-24-58-38/h9,13-14,19-21,24-25,30-32,37,45,51,54H,7-8,10-12,15-18,22-23,26-28H2,1-6H3,(H,46,52)/t31?,32?,37-,44+/m0/s1. The van der Waals surface area contributed by atoms with Gasteiger partial charge in [-0.2, -0.15) is 0 Å². The Morgan fingerprint density at radius 1 is 1.12 bits per heavy atom. The van der Waals surface area contributed by atoms with E-state index in [9.17, 15) is 19.8 Å². The number of hydrogen-bond donors (Lipinski definition) is 4. The van der Waals surface area contributed by atoms with Gasteiger partial charge in [-0.25, -0.2) is 9.48 Å². The van der Waals surface area contributed by atoms with Crippen LogP contribution in [0.15, 0.2) is 47.8 Å². The van der Waals surface area contributed by atoms with Gasteiger partial charge in [0.25, 0.3) is 5.91 Å². The second-order valence-electron chi connectivity index (χ2n) is 18.2. The quantitative estimate of drug-likeness (QED) is 0.0499. The van der Waals surface area contributed by atoms with Crippen molar-refractivity contribution in [3.63, 3.8) is 0 Å². The Morgan fingerprint density at radius 2 is 1.88 bits per heavy atom. The topological polar surface area (TPSA) is 160 Å². The third-order valence-corrected chi connectivity index (χ3v) is 18.7. The van der Waals surface area contributed by atoms with E-state index in [0.717, 1.165) is 93.0 Å². The average molecular weight is 847 g/mol. The maximum absolute atomic E-state index is 13.5. The van der Waals surface area contributed by atoms with Crippen molar-refractivity contribution < 1.29 is 33.7 Å². The van der Waals surface area contributed by atoms with Crippen LogP contribution in [0.2, 0.25) is 18.1 Å². The molecule has 3 aliphatic rings. The summed E-state index contributed by atoms with van der Waals surface area (Å²) in [4.78, 5) is 28.7. The van der Waals surface area contributed by atoms with Gasteiger partial charge in [-0.15, -0.1) is 16.4 Å². The second-order valence-corrected chi connectivity index (χ2v) is 23.9. The summed E-state index contributed by atoms with van der Waals surface area (Å²) in [5.74, 6) is -0.445. The molecule has 7 rings (SSSR count). The molecule has 15 heteroatoms. The number of aliphatic hydroxyl groups is 1. The van der Waals surface area contributed by atoms with Crippen molar-refractivity contribution in [3.8, 4) is 11.5 Å². The Kier molecular flexibility index (Phi) is 13.2. The van der Waals surface area contributed by atoms with Crippen molar-refractivity contribution in [1.29, 1.82) is 0 Å². The lowest BCUT2D eigenvalue weighted by molar-refractivity contribution is -0.180. The molecule has 4 N–H and O–H groups in total. The molecule has 13 nitrogen and oxygen atoms in total. The molecule has 0 spiro atoms. The van der Waals surface area contributed by atoms with Crippen LogP contribution in [-0.2, 0) is 37.4 Å². The maximum Gasteiger partial charge on any atom is 0.344 e. The van der Waals surface area contributed by atoms with Crippen molar-refractivity contribution in [2.75, 3.05) is 32.1 Å². The van der Waals surface area contributed by atoms with Crippen LogP contribution in [0.25, 0.3) is 11.0 Å². The molecule has 0 radical (unpaired) electrons. The molecule has 2 atom stereocenters. The number of fused-ring (bicyclic) bond motifs is 2. The average Bonchev–Trinajstić information content (AvgIpc) is 4.02. The van der Waals surface area contributed by atoms with Gasteiger partial charge in [0, 0.05) is 42.0 Å². The number of rotatable bonds is 16. The summed E-state index contributed by atoms with van der Waals surface area (Å²) in [6.45, 7) is 13.6. The van der Waals surface area contributed by atoms with Crippen molar-refractivity contribution >= 4 is 48.3 Å². The van der Waals surface area contributed by atoms with E-state index in [0.29, 0.717) is 29.8 Å². The number of thiophene rings is 1. The smallest absolute Gasteiger partial charge is 0.344 e. The zero-order valence-corrected chi connectivity index (χ0v) is 37.3. The Bertz CT molecular complexity index is 2070. The van der Waals surface area contributed by atoms with Gasteiger partial charge in [-0.1, -0.05) is 51.0 Å². The number of aromatic nitrogens is 3. The number of phenolic OH excluding ortho intramolecular Hbond substituents is 1. The largest absolute Gasteiger partial charge is 0.506 e. The number of benzene rings is 2. The van der Waals surface area contributed by atoms with Crippen molar-refractivity contribution in [1.82, 2.24) is 25.2 Å². The highest BCUT2D eigenvalue weighted by molar-refractivity contribution is 7.10. The molecule has 2 saturated carbocycles. The van der Waals surface area contributed by atoms with Gasteiger partial charge in [-0.05, 0) is 118 Å². The Labute approximate surface area is 352 Å². The van der Waals surface area contributed by atoms with Gasteiger partial charge in [0.1, 0.15) is 23.1 Å². The van der Waals surface area contributed by atoms with Crippen LogP contribution in [0, 0.1) is 5.92 Å². The number of aryl methyl sites for hydroxylation is 1. The first kappa shape index (κ1) is 43.2. The Balaban J connectivity index is 0.899. The number of ether oxygens (including phenoxy) is 2. The molecule has 0 saturated heterocycles. The molecule has 2 aliphatic carbocycles. The SMILES string of the molecule is CN(CCCn1nnc2cc(CNC[C@H](O[Si](C)(C)C(C)(C)C)c3ccc(O)c4c3OCC(=O)N4)ccc21)C1CCC(OC(=O)[C@](O)(c2cccs2)C2CCCC2)CC1. The summed E-state index contributed by atoms with van der Waals surface area (Å²) in [5, 5.41) is 39.5. The molecule has 4 aromatic rings. The lowest BCUT2D eigenvalue weighted by atomic mass is 9.84. The fourth-order valence-electron chi connectivity index (χ4n) is 8.62. The molecule has 59 heavy (non-hydrogen) atoms. The lowest BCUT2D eigenvalue weighted by Gasteiger charge is -2.40. The Morgan fingerprint density at radius 3 is 2.59 bits per heavy atom. The Hall–Kier alpha value is -3.86. The third-order valence-electron chi connectivity index (χ3n) is 13.2. The zero-order valence-electron chi connectivity index (χ0n) is 35.5. The summed E-state index contributed by atoms with van der Waals surface area (Å²) in [7, 11) is -0.0586. The number of amides is 1. The number of hydrogen-bond acceptors (Lipinski definition) is 12. The highest BCUT2D eigenvalue weighted by Crippen LogP contribution is 2.46. The highest BCUT2D eigenvalue weighted by atomic mass is 32.1. The van der Waals surface area contributed by atoms with E-state index in [4.69, 9.17) is 13.9 Å². The van der Waals surface area contributed by atoms with Crippen LogP contribution in [0.4, 0.5) is 5.69 Å². The van der Waals surface area contributed by atoms with E-state index in [1.165, 1.54) is 11.3 Å². The minimum absolute atomic E-state index is 0.0320. The van der Waals surface area contributed by atoms with Crippen LogP contribution < -0.4 is 15.4 Å². The molecular formula is C44H62N6O7SSi. The van der Waals surface area contributed by atoms with Crippen molar-refractivity contribution in [2.24, 2.45) is 5.92 Å². The zero-order chi connectivity index (χ0) is 42.0. The van der Waals surface area contributed by atoms with E-state index < -0.39 is 19.9 Å². The first-order valence-electron chi connectivity index (χ1n) is 21.3. The fourth-order valence-corrected chi connectivity index (χ4v) is 10.8. The monoisotopic (exact) mass is 846 g/mol. The summed E-state index contributed by atoms with van der Waals surface area (Å²) < 4.78 is 20.8. The first-order chi connectivity index (χ1) is 28.1. The van der Waals surface area contributed by atoms with Crippen molar-refractivity contribution in [3.05, 3.63) is 63.8 Å². The van der Waals surface area contributed by atoms with E-state index in [-0.39, 0.29) is 47.1 Å². The van der Waals surface area contributed by atoms with E-state index in [1.807, 2.05) is 28.3 Å². The number of nitrogens with one attached hydrogen (secondary N) is 2. The molecule has 2 aromatic carbocycles. The van der Waals surface area contributed by atoms with Crippen molar-refractivity contribution in [2.45, 2.75) is 134 Å². The number of anilines is 1. The van der Waals surface area contributed by atoms with E-state index >= 15 is 0 Å². The summed E-state index contributed by atoms with van der Waals surface area (Å²) in [6.07, 6.45) is 7.67. The third kappa shape index (κ3) is 9.55. The van der Waals surface area contributed by atoms with Gasteiger partial charge in [0.2, 0.25) is 0 Å². The van der Waals surface area contributed by atoms with Gasteiger partial charge < -0.3 is 39.6 Å². The van der Waals surface area contributed by atoms with Crippen LogP contribution >= 0.6 is 11.3 Å². The second kappa shape index (κ2) is 18.0. The molecule has 1 aliphatic heterocycles. The summed E-state index contributed by atoms with van der Waals surface area (Å²) in [6, 6.07) is 13.8. The molecule has 0 unspecified atom stereocenters. The number of nitrogens with zero attached hydrogens (tertiary/aromatic N) is 4. The predicted octanol–water partition coefficient (Wildman–Crippen LogP) is 7.64. The predicted molar refractivity (Wildman–Crippen MR) is 232 cm³/mol. The maximum atomic E-state index is 13.5. The molecule has 2 aromatic heterocycles. The number of phenols is 1. The van der Waals surface area contributed by atoms with E-state index in [1.54, 1.807) is 6.07 Å². The lowest BCUT2D eigenvalue weighted by Crippen LogP contribution is -2.45. The van der Waals surface area contributed by atoms with Crippen LogP contribution in [0.1, 0.15) is 101 Å². The molecule has 0 bridgehead atoms. The number of esters is 1. The van der Waals surface area contributed by atoms with Gasteiger partial charge in [-0.3, -0.25) is 4.79 Å². The molecule has 320 valence electrons. The first-order valence-corrected chi connectivity index (χ1v) is 25.1. The molecule has 2 fully saturated rings. The summed E-state index contributed by atoms with van der Waals surface area (Å²) >= 11 is 1.44. The highest BCUT2D eigenvalue weighted by Gasteiger charge is 2.49. The van der Waals surface area contributed by atoms with Crippen LogP contribution in [-0.4, -0.2) is 89.2 Å². The van der Waals surface area contributed by atoms with E-state index in [2.05, 4.69) is 85.0 Å². The molecule has 3 heterocycles. The van der Waals surface area contributed by atoms with Gasteiger partial charge in [0.15, 0.2) is 26.3 Å². The van der Waals surface area contributed by atoms with Crippen LogP contribution in [0.3, 0.4) is 0 Å². The van der Waals surface area contributed by atoms with Crippen LogP contribution in [0.5, 0.6) is 11.5 Å².